The first-order valence-corrected chi connectivity index (χ1v) is 8.58. The Hall–Kier alpha value is -0.190. The third-order valence-corrected chi connectivity index (χ3v) is 5.17. The monoisotopic (exact) mass is 389 g/mol. The summed E-state index contributed by atoms with van der Waals surface area (Å²) in [4.78, 5) is 2.09. The number of nitrogens with one attached hydrogen (secondary N) is 1. The van der Waals surface area contributed by atoms with Crippen molar-refractivity contribution in [2.45, 2.75) is 23.3 Å². The number of rotatable bonds is 5. The molecule has 0 amide bonds. The summed E-state index contributed by atoms with van der Waals surface area (Å²) in [7, 11) is 0. The second-order valence-corrected chi connectivity index (χ2v) is 7.02. The van der Waals surface area contributed by atoms with Crippen LogP contribution in [0.5, 0.6) is 0 Å². The summed E-state index contributed by atoms with van der Waals surface area (Å²) in [5.74, 6) is 0. The van der Waals surface area contributed by atoms with Gasteiger partial charge in [0, 0.05) is 25.8 Å². The van der Waals surface area contributed by atoms with Crippen LogP contribution in [0.2, 0.25) is 10.0 Å². The highest BCUT2D eigenvalue weighted by molar-refractivity contribution is 9.10. The van der Waals surface area contributed by atoms with E-state index < -0.39 is 0 Å². The molecular formula is C15H14BrCl2NS. The molecule has 0 bridgehead atoms. The molecule has 0 saturated carbocycles. The van der Waals surface area contributed by atoms with Gasteiger partial charge in [-0.1, -0.05) is 63.9 Å². The maximum Gasteiger partial charge on any atom is 0.0546 e. The van der Waals surface area contributed by atoms with Crippen LogP contribution in [0.4, 0.5) is 0 Å². The Labute approximate surface area is 142 Å². The molecule has 0 radical (unpaired) electrons. The van der Waals surface area contributed by atoms with E-state index in [1.807, 2.05) is 12.1 Å². The van der Waals surface area contributed by atoms with Crippen LogP contribution < -0.4 is 5.32 Å². The van der Waals surface area contributed by atoms with Crippen LogP contribution >= 0.6 is 50.9 Å². The predicted octanol–water partition coefficient (Wildman–Crippen LogP) is 6.02. The van der Waals surface area contributed by atoms with Crippen LogP contribution in [0.1, 0.15) is 12.5 Å². The first-order chi connectivity index (χ1) is 9.60. The van der Waals surface area contributed by atoms with Crippen molar-refractivity contribution >= 4 is 50.9 Å². The Morgan fingerprint density at radius 3 is 2.65 bits per heavy atom. The molecule has 5 heteroatoms. The standard InChI is InChI=1S/C15H14BrCl2NS/c1-2-19-9-10-3-5-12(8-13(10)16)20-15-7-11(17)4-6-14(15)18/h3-8,19H,2,9H2,1H3. The molecule has 2 rings (SSSR count). The fraction of sp³-hybridized carbons (Fsp3) is 0.200. The lowest BCUT2D eigenvalue weighted by atomic mass is 10.2. The second-order valence-electron chi connectivity index (χ2n) is 4.21. The molecule has 0 aliphatic heterocycles. The summed E-state index contributed by atoms with van der Waals surface area (Å²) in [6, 6.07) is 11.8. The third kappa shape index (κ3) is 4.40. The minimum Gasteiger partial charge on any atom is -0.313 e. The van der Waals surface area contributed by atoms with Crippen molar-refractivity contribution in [2.24, 2.45) is 0 Å². The molecule has 0 saturated heterocycles. The lowest BCUT2D eigenvalue weighted by Gasteiger charge is -2.09. The van der Waals surface area contributed by atoms with Crippen LogP contribution in [-0.4, -0.2) is 6.54 Å². The largest absolute Gasteiger partial charge is 0.313 e. The first kappa shape index (κ1) is 16.2. The average molecular weight is 391 g/mol. The molecular weight excluding hydrogens is 377 g/mol. The van der Waals surface area contributed by atoms with Gasteiger partial charge in [-0.25, -0.2) is 0 Å². The Morgan fingerprint density at radius 2 is 1.95 bits per heavy atom. The lowest BCUT2D eigenvalue weighted by Crippen LogP contribution is -2.11. The van der Waals surface area contributed by atoms with Gasteiger partial charge in [0.1, 0.15) is 0 Å². The van der Waals surface area contributed by atoms with Crippen molar-refractivity contribution in [3.8, 4) is 0 Å². The average Bonchev–Trinajstić information content (AvgIpc) is 2.42. The summed E-state index contributed by atoms with van der Waals surface area (Å²) >= 11 is 17.4. The second kappa shape index (κ2) is 7.71. The lowest BCUT2D eigenvalue weighted by molar-refractivity contribution is 0.724. The van der Waals surface area contributed by atoms with Gasteiger partial charge in [0.05, 0.1) is 5.02 Å². The third-order valence-electron chi connectivity index (χ3n) is 2.71. The van der Waals surface area contributed by atoms with Gasteiger partial charge in [-0.2, -0.15) is 0 Å². The molecule has 1 N–H and O–H groups in total. The van der Waals surface area contributed by atoms with Crippen LogP contribution in [0.25, 0.3) is 0 Å². The summed E-state index contributed by atoms with van der Waals surface area (Å²) in [5.41, 5.74) is 1.24. The Morgan fingerprint density at radius 1 is 1.15 bits per heavy atom. The van der Waals surface area contributed by atoms with Crippen molar-refractivity contribution in [2.75, 3.05) is 6.54 Å². The predicted molar refractivity (Wildman–Crippen MR) is 92.1 cm³/mol. The van der Waals surface area contributed by atoms with Crippen molar-refractivity contribution in [1.29, 1.82) is 0 Å². The highest BCUT2D eigenvalue weighted by Gasteiger charge is 2.06. The maximum absolute atomic E-state index is 6.18. The van der Waals surface area contributed by atoms with Gasteiger partial charge >= 0.3 is 0 Å². The van der Waals surface area contributed by atoms with E-state index in [0.29, 0.717) is 10.0 Å². The van der Waals surface area contributed by atoms with Crippen LogP contribution in [0, 0.1) is 0 Å². The fourth-order valence-corrected chi connectivity index (χ4v) is 3.74. The van der Waals surface area contributed by atoms with E-state index in [1.54, 1.807) is 17.8 Å². The van der Waals surface area contributed by atoms with Crippen LogP contribution in [0.3, 0.4) is 0 Å². The Balaban J connectivity index is 2.17. The van der Waals surface area contributed by atoms with Gasteiger partial charge in [-0.3, -0.25) is 0 Å². The quantitative estimate of drug-likeness (QED) is 0.670. The van der Waals surface area contributed by atoms with Crippen molar-refractivity contribution in [1.82, 2.24) is 5.32 Å². The van der Waals surface area contributed by atoms with Crippen LogP contribution in [0.15, 0.2) is 50.7 Å². The molecule has 0 aliphatic carbocycles. The summed E-state index contributed by atoms with van der Waals surface area (Å²) in [6.07, 6.45) is 0. The molecule has 0 aliphatic rings. The first-order valence-electron chi connectivity index (χ1n) is 6.22. The van der Waals surface area contributed by atoms with Gasteiger partial charge in [0.25, 0.3) is 0 Å². The molecule has 1 nitrogen and oxygen atoms in total. The van der Waals surface area contributed by atoms with Crippen molar-refractivity contribution in [3.63, 3.8) is 0 Å². The normalized spacial score (nSPS) is 10.8. The number of halogens is 3. The fourth-order valence-electron chi connectivity index (χ4n) is 1.68. The van der Waals surface area contributed by atoms with E-state index in [1.165, 1.54) is 5.56 Å². The van der Waals surface area contributed by atoms with Gasteiger partial charge in [0.15, 0.2) is 0 Å². The SMILES string of the molecule is CCNCc1ccc(Sc2cc(Cl)ccc2Cl)cc1Br. The molecule has 0 spiro atoms. The van der Waals surface area contributed by atoms with Gasteiger partial charge < -0.3 is 5.32 Å². The van der Waals surface area contributed by atoms with Crippen LogP contribution in [-0.2, 0) is 6.54 Å². The zero-order valence-corrected chi connectivity index (χ0v) is 14.8. The summed E-state index contributed by atoms with van der Waals surface area (Å²) in [6.45, 7) is 3.92. The number of hydrogen-bond donors (Lipinski definition) is 1. The van der Waals surface area contributed by atoms with E-state index in [2.05, 4.69) is 46.4 Å². The van der Waals surface area contributed by atoms with Crippen molar-refractivity contribution < 1.29 is 0 Å². The Bertz CT molecular complexity index is 604. The van der Waals surface area contributed by atoms with Gasteiger partial charge in [0.2, 0.25) is 0 Å². The molecule has 0 atom stereocenters. The maximum atomic E-state index is 6.18. The van der Waals surface area contributed by atoms with E-state index in [4.69, 9.17) is 23.2 Å². The molecule has 0 fully saturated rings. The topological polar surface area (TPSA) is 12.0 Å². The molecule has 0 heterocycles. The van der Waals surface area contributed by atoms with E-state index in [0.717, 1.165) is 27.4 Å². The molecule has 0 unspecified atom stereocenters. The minimum atomic E-state index is 0.694. The van der Waals surface area contributed by atoms with Gasteiger partial charge in [-0.05, 0) is 42.4 Å². The summed E-state index contributed by atoms with van der Waals surface area (Å²) < 4.78 is 1.10. The van der Waals surface area contributed by atoms with E-state index in [9.17, 15) is 0 Å². The Kier molecular flexibility index (Phi) is 6.24. The zero-order valence-electron chi connectivity index (χ0n) is 10.9. The summed E-state index contributed by atoms with van der Waals surface area (Å²) in [5, 5.41) is 4.72. The number of benzene rings is 2. The molecule has 0 aromatic heterocycles. The van der Waals surface area contributed by atoms with Crippen molar-refractivity contribution in [3.05, 3.63) is 56.5 Å². The van der Waals surface area contributed by atoms with E-state index in [-0.39, 0.29) is 0 Å². The molecule has 2 aromatic rings. The van der Waals surface area contributed by atoms with Gasteiger partial charge in [-0.15, -0.1) is 0 Å². The molecule has 106 valence electrons. The highest BCUT2D eigenvalue weighted by Crippen LogP contribution is 2.36. The smallest absolute Gasteiger partial charge is 0.0546 e. The molecule has 2 aromatic carbocycles. The molecule has 20 heavy (non-hydrogen) atoms. The minimum absolute atomic E-state index is 0.694. The van der Waals surface area contributed by atoms with E-state index >= 15 is 0 Å². The number of hydrogen-bond acceptors (Lipinski definition) is 2. The highest BCUT2D eigenvalue weighted by atomic mass is 79.9. The zero-order chi connectivity index (χ0) is 14.5.